The van der Waals surface area contributed by atoms with Gasteiger partial charge >= 0.3 is 5.97 Å². The van der Waals surface area contributed by atoms with Crippen molar-refractivity contribution >= 4 is 38.9 Å². The molecule has 0 saturated heterocycles. The summed E-state index contributed by atoms with van der Waals surface area (Å²) in [5.74, 6) is -1.30. The topological polar surface area (TPSA) is 96.8 Å². The zero-order chi connectivity index (χ0) is 17.5. The molecular formula is C14H13ClN2O5S2. The largest absolute Gasteiger partial charge is 0.496 e. The van der Waals surface area contributed by atoms with E-state index in [4.69, 9.17) is 21.4 Å². The number of fused-ring (bicyclic) bond motifs is 1. The van der Waals surface area contributed by atoms with Gasteiger partial charge in [-0.15, -0.1) is 11.3 Å². The van der Waals surface area contributed by atoms with E-state index in [-0.39, 0.29) is 27.8 Å². The van der Waals surface area contributed by atoms with Gasteiger partial charge < -0.3 is 9.84 Å². The molecule has 1 aromatic heterocycles. The molecular weight excluding hydrogens is 376 g/mol. The van der Waals surface area contributed by atoms with Gasteiger partial charge in [0.05, 0.1) is 29.9 Å². The predicted molar refractivity (Wildman–Crippen MR) is 88.4 cm³/mol. The number of methoxy groups -OCH3 is 1. The molecule has 0 amide bonds. The molecule has 0 radical (unpaired) electrons. The number of thiazole rings is 1. The van der Waals surface area contributed by atoms with E-state index in [9.17, 15) is 13.2 Å². The van der Waals surface area contributed by atoms with Crippen molar-refractivity contribution in [1.29, 1.82) is 0 Å². The summed E-state index contributed by atoms with van der Waals surface area (Å²) in [4.78, 5) is 16.1. The van der Waals surface area contributed by atoms with Crippen LogP contribution in [-0.2, 0) is 23.0 Å². The van der Waals surface area contributed by atoms with Crippen molar-refractivity contribution in [2.75, 3.05) is 13.7 Å². The Bertz CT molecular complexity index is 910. The van der Waals surface area contributed by atoms with Gasteiger partial charge in [0.15, 0.2) is 0 Å². The third kappa shape index (κ3) is 2.88. The van der Waals surface area contributed by atoms with Crippen molar-refractivity contribution in [2.45, 2.75) is 17.9 Å². The Kier molecular flexibility index (Phi) is 4.52. The summed E-state index contributed by atoms with van der Waals surface area (Å²) >= 11 is 7.46. The van der Waals surface area contributed by atoms with Crippen LogP contribution in [0.5, 0.6) is 5.75 Å². The number of carbonyl (C=O) groups is 1. The van der Waals surface area contributed by atoms with E-state index in [1.54, 1.807) is 5.51 Å². The fourth-order valence-electron chi connectivity index (χ4n) is 2.51. The second kappa shape index (κ2) is 6.32. The molecule has 1 aliphatic rings. The number of sulfonamides is 1. The van der Waals surface area contributed by atoms with E-state index in [1.807, 2.05) is 0 Å². The SMILES string of the molecule is COc1cc(S(=O)(=O)N2CCc3ncsc3C2)c(Cl)cc1C(=O)O. The molecule has 0 fully saturated rings. The summed E-state index contributed by atoms with van der Waals surface area (Å²) in [6.07, 6.45) is 0.528. The number of benzene rings is 1. The van der Waals surface area contributed by atoms with E-state index in [0.29, 0.717) is 13.0 Å². The van der Waals surface area contributed by atoms with Crippen LogP contribution in [0.4, 0.5) is 0 Å². The monoisotopic (exact) mass is 388 g/mol. The number of aromatic nitrogens is 1. The lowest BCUT2D eigenvalue weighted by atomic mass is 10.2. The average Bonchev–Trinajstić information content (AvgIpc) is 3.01. The third-order valence-corrected chi connectivity index (χ3v) is 6.92. The lowest BCUT2D eigenvalue weighted by molar-refractivity contribution is 0.0693. The van der Waals surface area contributed by atoms with E-state index < -0.39 is 16.0 Å². The Labute approximate surface area is 147 Å². The summed E-state index contributed by atoms with van der Waals surface area (Å²) in [5.41, 5.74) is 2.42. The second-order valence-corrected chi connectivity index (χ2v) is 8.35. The van der Waals surface area contributed by atoms with Crippen LogP contribution in [0.25, 0.3) is 0 Å². The second-order valence-electron chi connectivity index (χ2n) is 5.10. The van der Waals surface area contributed by atoms with Gasteiger partial charge in [-0.2, -0.15) is 4.31 Å². The van der Waals surface area contributed by atoms with Crippen LogP contribution >= 0.6 is 22.9 Å². The maximum Gasteiger partial charge on any atom is 0.339 e. The van der Waals surface area contributed by atoms with Crippen molar-refractivity contribution in [1.82, 2.24) is 9.29 Å². The molecule has 0 aliphatic carbocycles. The van der Waals surface area contributed by atoms with Gasteiger partial charge in [0, 0.05) is 23.9 Å². The molecule has 1 N–H and O–H groups in total. The van der Waals surface area contributed by atoms with Gasteiger partial charge in [-0.1, -0.05) is 11.6 Å². The first-order valence-electron chi connectivity index (χ1n) is 6.87. The molecule has 1 aliphatic heterocycles. The Morgan fingerprint density at radius 3 is 2.88 bits per heavy atom. The molecule has 2 aromatic rings. The minimum Gasteiger partial charge on any atom is -0.496 e. The van der Waals surface area contributed by atoms with Crippen LogP contribution in [0, 0.1) is 0 Å². The quantitative estimate of drug-likeness (QED) is 0.862. The highest BCUT2D eigenvalue weighted by atomic mass is 35.5. The fraction of sp³-hybridized carbons (Fsp3) is 0.286. The Balaban J connectivity index is 2.03. The number of carboxylic acids is 1. The van der Waals surface area contributed by atoms with Gasteiger partial charge in [0.25, 0.3) is 0 Å². The van der Waals surface area contributed by atoms with Crippen LogP contribution < -0.4 is 4.74 Å². The number of nitrogens with zero attached hydrogens (tertiary/aromatic N) is 2. The fourth-order valence-corrected chi connectivity index (χ4v) is 5.35. The number of carboxylic acid groups (broad SMARTS) is 1. The van der Waals surface area contributed by atoms with Crippen LogP contribution in [-0.4, -0.2) is 42.4 Å². The highest BCUT2D eigenvalue weighted by Gasteiger charge is 2.32. The Morgan fingerprint density at radius 1 is 1.46 bits per heavy atom. The zero-order valence-corrected chi connectivity index (χ0v) is 14.9. The molecule has 10 heteroatoms. The van der Waals surface area contributed by atoms with Crippen molar-refractivity contribution in [2.24, 2.45) is 0 Å². The van der Waals surface area contributed by atoms with Gasteiger partial charge in [0.2, 0.25) is 10.0 Å². The molecule has 24 heavy (non-hydrogen) atoms. The highest BCUT2D eigenvalue weighted by molar-refractivity contribution is 7.89. The summed E-state index contributed by atoms with van der Waals surface area (Å²) in [5, 5.41) is 9.00. The van der Waals surface area contributed by atoms with E-state index in [2.05, 4.69) is 4.98 Å². The minimum absolute atomic E-state index is 0.0547. The molecule has 128 valence electrons. The lowest BCUT2D eigenvalue weighted by Crippen LogP contribution is -2.35. The highest BCUT2D eigenvalue weighted by Crippen LogP contribution is 2.34. The molecule has 1 aromatic carbocycles. The van der Waals surface area contributed by atoms with Gasteiger partial charge in [-0.05, 0) is 6.07 Å². The van der Waals surface area contributed by atoms with Crippen molar-refractivity contribution in [3.8, 4) is 5.75 Å². The summed E-state index contributed by atoms with van der Waals surface area (Å²) < 4.78 is 32.1. The van der Waals surface area contributed by atoms with Crippen LogP contribution in [0.2, 0.25) is 5.02 Å². The van der Waals surface area contributed by atoms with Crippen molar-refractivity contribution < 1.29 is 23.1 Å². The smallest absolute Gasteiger partial charge is 0.339 e. The number of hydrogen-bond donors (Lipinski definition) is 1. The summed E-state index contributed by atoms with van der Waals surface area (Å²) in [7, 11) is -2.61. The normalized spacial score (nSPS) is 15.1. The Hall–Kier alpha value is -1.68. The molecule has 0 bridgehead atoms. The number of rotatable bonds is 4. The van der Waals surface area contributed by atoms with Gasteiger partial charge in [0.1, 0.15) is 16.2 Å². The maximum absolute atomic E-state index is 12.9. The third-order valence-electron chi connectivity index (χ3n) is 3.75. The van der Waals surface area contributed by atoms with E-state index in [0.717, 1.165) is 22.7 Å². The lowest BCUT2D eigenvalue weighted by Gasteiger charge is -2.26. The number of ether oxygens (including phenoxy) is 1. The van der Waals surface area contributed by atoms with Gasteiger partial charge in [-0.3, -0.25) is 0 Å². The van der Waals surface area contributed by atoms with Crippen LogP contribution in [0.15, 0.2) is 22.5 Å². The van der Waals surface area contributed by atoms with Crippen LogP contribution in [0.1, 0.15) is 20.9 Å². The molecule has 2 heterocycles. The molecule has 0 unspecified atom stereocenters. The van der Waals surface area contributed by atoms with E-state index >= 15 is 0 Å². The zero-order valence-electron chi connectivity index (χ0n) is 12.5. The Morgan fingerprint density at radius 2 is 2.21 bits per heavy atom. The van der Waals surface area contributed by atoms with Crippen molar-refractivity contribution in [3.63, 3.8) is 0 Å². The molecule has 7 nitrogen and oxygen atoms in total. The first-order valence-corrected chi connectivity index (χ1v) is 9.56. The maximum atomic E-state index is 12.9. The van der Waals surface area contributed by atoms with Crippen LogP contribution in [0.3, 0.4) is 0 Å². The molecule has 0 atom stereocenters. The summed E-state index contributed by atoms with van der Waals surface area (Å²) in [6.45, 7) is 0.514. The number of aromatic carboxylic acids is 1. The van der Waals surface area contributed by atoms with E-state index in [1.165, 1.54) is 22.8 Å². The summed E-state index contributed by atoms with van der Waals surface area (Å²) in [6, 6.07) is 2.25. The minimum atomic E-state index is -3.88. The predicted octanol–water partition coefficient (Wildman–Crippen LogP) is 2.25. The molecule has 3 rings (SSSR count). The first kappa shape index (κ1) is 17.2. The average molecular weight is 389 g/mol. The standard InChI is InChI=1S/C14H13ClN2O5S2/c1-22-11-5-13(9(15)4-8(11)14(18)19)24(20,21)17-3-2-10-12(6-17)23-7-16-10/h4-5,7H,2-3,6H2,1H3,(H,18,19). The van der Waals surface area contributed by atoms with Gasteiger partial charge in [-0.25, -0.2) is 18.2 Å². The van der Waals surface area contributed by atoms with Crippen molar-refractivity contribution in [3.05, 3.63) is 38.8 Å². The molecule has 0 saturated carbocycles. The number of halogens is 1. The number of hydrogen-bond acceptors (Lipinski definition) is 6. The first-order chi connectivity index (χ1) is 11.3. The molecule has 0 spiro atoms.